The van der Waals surface area contributed by atoms with Gasteiger partial charge in [-0.05, 0) is 48.4 Å². The average Bonchev–Trinajstić information content (AvgIpc) is 2.40. The van der Waals surface area contributed by atoms with Crippen molar-refractivity contribution in [2.45, 2.75) is 45.8 Å². The molecule has 6 heteroatoms. The van der Waals surface area contributed by atoms with E-state index in [2.05, 4.69) is 5.32 Å². The highest BCUT2D eigenvalue weighted by molar-refractivity contribution is 5.88. The van der Waals surface area contributed by atoms with E-state index in [9.17, 15) is 18.0 Å². The molecule has 0 heterocycles. The number of rotatable bonds is 3. The molecule has 0 aliphatic heterocycles. The second-order valence-electron chi connectivity index (χ2n) is 7.04. The monoisotopic (exact) mass is 329 g/mol. The van der Waals surface area contributed by atoms with Crippen molar-refractivity contribution in [2.75, 3.05) is 5.32 Å². The number of hydrogen-bond acceptors (Lipinski definition) is 2. The van der Waals surface area contributed by atoms with Crippen LogP contribution in [0.1, 0.15) is 44.0 Å². The topological polar surface area (TPSA) is 49.3 Å². The first-order valence-corrected chi connectivity index (χ1v) is 7.69. The van der Waals surface area contributed by atoms with Crippen LogP contribution in [0, 0.1) is 17.3 Å². The largest absolute Gasteiger partial charge is 0.478 e. The number of anilines is 1. The fourth-order valence-electron chi connectivity index (χ4n) is 3.76. The fraction of sp³-hybridized carbons (Fsp3) is 0.588. The van der Waals surface area contributed by atoms with Gasteiger partial charge in [-0.25, -0.2) is 4.79 Å². The van der Waals surface area contributed by atoms with Gasteiger partial charge in [0.2, 0.25) is 0 Å². The summed E-state index contributed by atoms with van der Waals surface area (Å²) in [7, 11) is 0. The van der Waals surface area contributed by atoms with Crippen molar-refractivity contribution in [1.82, 2.24) is 0 Å². The number of hydrogen-bond donors (Lipinski definition) is 2. The smallest absolute Gasteiger partial charge is 0.392 e. The molecular formula is C17H22F3NO2. The van der Waals surface area contributed by atoms with E-state index in [0.717, 1.165) is 0 Å². The van der Waals surface area contributed by atoms with E-state index < -0.39 is 29.4 Å². The van der Waals surface area contributed by atoms with Gasteiger partial charge in [0.15, 0.2) is 0 Å². The van der Waals surface area contributed by atoms with Crippen molar-refractivity contribution in [3.8, 4) is 0 Å². The van der Waals surface area contributed by atoms with E-state index in [-0.39, 0.29) is 11.6 Å². The zero-order chi connectivity index (χ0) is 17.4. The van der Waals surface area contributed by atoms with Crippen molar-refractivity contribution < 1.29 is 23.1 Å². The molecule has 1 aliphatic carbocycles. The molecule has 23 heavy (non-hydrogen) atoms. The average molecular weight is 329 g/mol. The lowest BCUT2D eigenvalue weighted by Crippen LogP contribution is -2.50. The Hall–Kier alpha value is -1.72. The molecule has 2 N–H and O–H groups in total. The Morgan fingerprint density at radius 3 is 2.30 bits per heavy atom. The fourth-order valence-corrected chi connectivity index (χ4v) is 3.76. The summed E-state index contributed by atoms with van der Waals surface area (Å²) in [5.74, 6) is -2.95. The maximum absolute atomic E-state index is 13.4. The van der Waals surface area contributed by atoms with Crippen LogP contribution < -0.4 is 5.32 Å². The third-order valence-corrected chi connectivity index (χ3v) is 4.94. The van der Waals surface area contributed by atoms with Gasteiger partial charge in [-0.1, -0.05) is 20.8 Å². The molecule has 1 aromatic carbocycles. The Kier molecular flexibility index (Phi) is 4.64. The molecule has 0 spiro atoms. The molecule has 0 bridgehead atoms. The van der Waals surface area contributed by atoms with Crippen molar-refractivity contribution in [1.29, 1.82) is 0 Å². The molecule has 128 valence electrons. The molecule has 0 amide bonds. The third kappa shape index (κ3) is 3.79. The first-order valence-electron chi connectivity index (χ1n) is 7.69. The van der Waals surface area contributed by atoms with Crippen LogP contribution in [0.4, 0.5) is 18.9 Å². The summed E-state index contributed by atoms with van der Waals surface area (Å²) in [5, 5.41) is 12.0. The number of carboxylic acid groups (broad SMARTS) is 1. The molecule has 0 radical (unpaired) electrons. The second kappa shape index (κ2) is 6.06. The van der Waals surface area contributed by atoms with Gasteiger partial charge >= 0.3 is 12.1 Å². The lowest BCUT2D eigenvalue weighted by atomic mass is 9.62. The number of nitrogens with one attached hydrogen (secondary N) is 1. The number of carbonyl (C=O) groups is 1. The Labute approximate surface area is 133 Å². The summed E-state index contributed by atoms with van der Waals surface area (Å²) in [5.41, 5.74) is 0.0252. The van der Waals surface area contributed by atoms with E-state index >= 15 is 0 Å². The normalized spacial score (nSPS) is 27.5. The highest BCUT2D eigenvalue weighted by Gasteiger charge is 2.55. The maximum atomic E-state index is 13.4. The Morgan fingerprint density at radius 2 is 1.83 bits per heavy atom. The van der Waals surface area contributed by atoms with E-state index in [0.29, 0.717) is 18.5 Å². The van der Waals surface area contributed by atoms with Gasteiger partial charge in [0.25, 0.3) is 0 Å². The Morgan fingerprint density at radius 1 is 1.26 bits per heavy atom. The molecule has 1 fully saturated rings. The summed E-state index contributed by atoms with van der Waals surface area (Å²) >= 11 is 0. The lowest BCUT2D eigenvalue weighted by molar-refractivity contribution is -0.227. The zero-order valence-electron chi connectivity index (χ0n) is 13.4. The molecule has 3 nitrogen and oxygen atoms in total. The summed E-state index contributed by atoms with van der Waals surface area (Å²) in [6.07, 6.45) is -3.08. The quantitative estimate of drug-likeness (QED) is 0.837. The highest BCUT2D eigenvalue weighted by atomic mass is 19.4. The van der Waals surface area contributed by atoms with E-state index in [1.165, 1.54) is 12.1 Å². The van der Waals surface area contributed by atoms with Crippen LogP contribution in [-0.4, -0.2) is 23.3 Å². The summed E-state index contributed by atoms with van der Waals surface area (Å²) in [6, 6.07) is 5.80. The summed E-state index contributed by atoms with van der Waals surface area (Å²) in [4.78, 5) is 10.8. The number of alkyl halides is 3. The minimum atomic E-state index is -4.23. The van der Waals surface area contributed by atoms with Crippen LogP contribution in [0.5, 0.6) is 0 Å². The first-order chi connectivity index (χ1) is 10.5. The van der Waals surface area contributed by atoms with Crippen LogP contribution in [0.2, 0.25) is 0 Å². The van der Waals surface area contributed by atoms with Crippen LogP contribution in [0.3, 0.4) is 0 Å². The molecule has 3 atom stereocenters. The van der Waals surface area contributed by atoms with Crippen molar-refractivity contribution in [2.24, 2.45) is 17.3 Å². The van der Waals surface area contributed by atoms with Gasteiger partial charge in [-0.2, -0.15) is 13.2 Å². The highest BCUT2D eigenvalue weighted by Crippen LogP contribution is 2.52. The van der Waals surface area contributed by atoms with Gasteiger partial charge in [-0.15, -0.1) is 0 Å². The molecule has 3 unspecified atom stereocenters. The lowest BCUT2D eigenvalue weighted by Gasteiger charge is -2.47. The third-order valence-electron chi connectivity index (χ3n) is 4.94. The van der Waals surface area contributed by atoms with Gasteiger partial charge in [0, 0.05) is 11.7 Å². The molecular weight excluding hydrogens is 307 g/mol. The minimum absolute atomic E-state index is 0.154. The van der Waals surface area contributed by atoms with Gasteiger partial charge in [-0.3, -0.25) is 0 Å². The predicted octanol–water partition coefficient (Wildman–Crippen LogP) is 4.80. The van der Waals surface area contributed by atoms with Crippen LogP contribution in [-0.2, 0) is 0 Å². The van der Waals surface area contributed by atoms with Crippen molar-refractivity contribution >= 4 is 11.7 Å². The Balaban J connectivity index is 2.16. The molecule has 1 aromatic rings. The number of carboxylic acids is 1. The summed E-state index contributed by atoms with van der Waals surface area (Å²) in [6.45, 7) is 5.00. The molecule has 2 rings (SSSR count). The van der Waals surface area contributed by atoms with Gasteiger partial charge in [0.1, 0.15) is 0 Å². The van der Waals surface area contributed by atoms with Crippen molar-refractivity contribution in [3.05, 3.63) is 29.8 Å². The van der Waals surface area contributed by atoms with Crippen LogP contribution in [0.15, 0.2) is 24.3 Å². The summed E-state index contributed by atoms with van der Waals surface area (Å²) < 4.78 is 40.3. The van der Waals surface area contributed by atoms with Crippen LogP contribution >= 0.6 is 0 Å². The predicted molar refractivity (Wildman–Crippen MR) is 82.5 cm³/mol. The van der Waals surface area contributed by atoms with Crippen molar-refractivity contribution in [3.63, 3.8) is 0 Å². The SMILES string of the molecule is CC1C(Nc2ccc(C(=O)O)cc2)CCC(C)(C)C1C(F)(F)F. The number of aromatic carboxylic acids is 1. The standard InChI is InChI=1S/C17H22F3NO2/c1-10-13(8-9-16(2,3)14(10)17(18,19)20)21-12-6-4-11(5-7-12)15(22)23/h4-7,10,13-14,21H,8-9H2,1-3H3,(H,22,23). The van der Waals surface area contributed by atoms with E-state index in [4.69, 9.17) is 5.11 Å². The molecule has 1 saturated carbocycles. The van der Waals surface area contributed by atoms with E-state index in [1.54, 1.807) is 32.9 Å². The maximum Gasteiger partial charge on any atom is 0.392 e. The van der Waals surface area contributed by atoms with Gasteiger partial charge in [0.05, 0.1) is 11.5 Å². The van der Waals surface area contributed by atoms with Crippen LogP contribution in [0.25, 0.3) is 0 Å². The molecule has 0 saturated heterocycles. The van der Waals surface area contributed by atoms with E-state index in [1.807, 2.05) is 0 Å². The molecule has 0 aromatic heterocycles. The number of halogens is 3. The second-order valence-corrected chi connectivity index (χ2v) is 7.04. The Bertz CT molecular complexity index is 566. The zero-order valence-corrected chi connectivity index (χ0v) is 13.4. The first kappa shape index (κ1) is 17.6. The van der Waals surface area contributed by atoms with Gasteiger partial charge < -0.3 is 10.4 Å². The molecule has 1 aliphatic rings. The minimum Gasteiger partial charge on any atom is -0.478 e. The number of benzene rings is 1.